The second-order valence-electron chi connectivity index (χ2n) is 11.4. The molecule has 0 N–H and O–H groups in total. The van der Waals surface area contributed by atoms with Crippen molar-refractivity contribution in [3.05, 3.63) is 149 Å². The Morgan fingerprint density at radius 3 is 2.19 bits per heavy atom. The molecule has 0 saturated carbocycles. The first-order chi connectivity index (χ1) is 23.0. The molecule has 0 unspecified atom stereocenters. The van der Waals surface area contributed by atoms with Crippen molar-refractivity contribution >= 4 is 51.1 Å². The number of hydrogen-bond donors (Lipinski definition) is 0. The lowest BCUT2D eigenvalue weighted by atomic mass is 10.0. The van der Waals surface area contributed by atoms with E-state index in [-0.39, 0.29) is 5.91 Å². The number of allylic oxidation sites excluding steroid dienone is 1. The first-order valence-corrected chi connectivity index (χ1v) is 16.7. The van der Waals surface area contributed by atoms with E-state index in [2.05, 4.69) is 75.0 Å². The van der Waals surface area contributed by atoms with Gasteiger partial charge >= 0.3 is 0 Å². The van der Waals surface area contributed by atoms with Crippen molar-refractivity contribution in [2.75, 3.05) is 12.0 Å². The van der Waals surface area contributed by atoms with Gasteiger partial charge in [-0.1, -0.05) is 80.6 Å². The number of rotatable bonds is 11. The van der Waals surface area contributed by atoms with Crippen LogP contribution in [-0.2, 0) is 30.7 Å². The Morgan fingerprint density at radius 2 is 1.51 bits per heavy atom. The number of nitrogens with zero attached hydrogens (tertiary/aromatic N) is 2. The highest BCUT2D eigenvalue weighted by molar-refractivity contribution is 8.19. The van der Waals surface area contributed by atoms with Gasteiger partial charge < -0.3 is 9.47 Å². The molecule has 1 fully saturated rings. The van der Waals surface area contributed by atoms with E-state index >= 15 is 0 Å². The SMILES string of the molecule is C=CCc1cc(/C=C2\SC(=Nc3ccc(CC)cc3)N(c3ccc(CC)cc3)C2=O)cc(OC)c1OCc1ccc2ccccc2c1. The van der Waals surface area contributed by atoms with Gasteiger partial charge in [0.05, 0.1) is 23.4 Å². The molecule has 0 atom stereocenters. The van der Waals surface area contributed by atoms with Crippen molar-refractivity contribution in [3.8, 4) is 11.5 Å². The van der Waals surface area contributed by atoms with E-state index in [1.807, 2.05) is 60.7 Å². The predicted molar refractivity (Wildman–Crippen MR) is 197 cm³/mol. The summed E-state index contributed by atoms with van der Waals surface area (Å²) in [5.41, 5.74) is 6.87. The number of thioether (sulfide) groups is 1. The number of ether oxygens (including phenoxy) is 2. The summed E-state index contributed by atoms with van der Waals surface area (Å²) in [6.07, 6.45) is 6.22. The van der Waals surface area contributed by atoms with Crippen molar-refractivity contribution in [1.82, 2.24) is 0 Å². The smallest absolute Gasteiger partial charge is 0.271 e. The minimum Gasteiger partial charge on any atom is -0.493 e. The number of fused-ring (bicyclic) bond motifs is 1. The molecule has 0 bridgehead atoms. The zero-order valence-corrected chi connectivity index (χ0v) is 27.8. The summed E-state index contributed by atoms with van der Waals surface area (Å²) in [7, 11) is 1.64. The third-order valence-corrected chi connectivity index (χ3v) is 9.18. The maximum Gasteiger partial charge on any atom is 0.271 e. The fraction of sp³-hybridized carbons (Fsp3) is 0.171. The van der Waals surface area contributed by atoms with Gasteiger partial charge in [0.15, 0.2) is 16.7 Å². The molecule has 47 heavy (non-hydrogen) atoms. The topological polar surface area (TPSA) is 51.1 Å². The Morgan fingerprint density at radius 1 is 0.830 bits per heavy atom. The second kappa shape index (κ2) is 14.6. The average molecular weight is 639 g/mol. The summed E-state index contributed by atoms with van der Waals surface area (Å²) in [5, 5.41) is 2.98. The van der Waals surface area contributed by atoms with Gasteiger partial charge in [0.25, 0.3) is 5.91 Å². The number of carbonyl (C=O) groups excluding carboxylic acids is 1. The first kappa shape index (κ1) is 31.9. The van der Waals surface area contributed by atoms with Crippen LogP contribution in [0.15, 0.2) is 126 Å². The molecule has 1 saturated heterocycles. The van der Waals surface area contributed by atoms with E-state index in [4.69, 9.17) is 14.5 Å². The number of carbonyl (C=O) groups is 1. The number of benzene rings is 5. The summed E-state index contributed by atoms with van der Waals surface area (Å²) in [4.78, 5) is 21.2. The average Bonchev–Trinajstić information content (AvgIpc) is 3.41. The van der Waals surface area contributed by atoms with Gasteiger partial charge in [-0.3, -0.25) is 9.69 Å². The molecule has 5 nitrogen and oxygen atoms in total. The highest BCUT2D eigenvalue weighted by Gasteiger charge is 2.35. The van der Waals surface area contributed by atoms with Crippen LogP contribution < -0.4 is 14.4 Å². The molecule has 0 aliphatic carbocycles. The van der Waals surface area contributed by atoms with Crippen molar-refractivity contribution in [2.24, 2.45) is 4.99 Å². The van der Waals surface area contributed by atoms with Gasteiger partial charge in [0.1, 0.15) is 6.61 Å². The molecule has 1 heterocycles. The molecule has 1 amide bonds. The predicted octanol–water partition coefficient (Wildman–Crippen LogP) is 10.1. The minimum absolute atomic E-state index is 0.121. The van der Waals surface area contributed by atoms with Crippen LogP contribution in [0.5, 0.6) is 11.5 Å². The number of anilines is 1. The lowest BCUT2D eigenvalue weighted by Crippen LogP contribution is -2.28. The third-order valence-electron chi connectivity index (χ3n) is 8.21. The van der Waals surface area contributed by atoms with Crippen molar-refractivity contribution in [1.29, 1.82) is 0 Å². The lowest BCUT2D eigenvalue weighted by molar-refractivity contribution is -0.113. The highest BCUT2D eigenvalue weighted by atomic mass is 32.2. The maximum atomic E-state index is 14.0. The van der Waals surface area contributed by atoms with Crippen LogP contribution in [0.1, 0.15) is 41.7 Å². The summed E-state index contributed by atoms with van der Waals surface area (Å²) in [6, 6.07) is 34.9. The van der Waals surface area contributed by atoms with Crippen LogP contribution in [0.3, 0.4) is 0 Å². The number of aliphatic imine (C=N–C) groups is 1. The van der Waals surface area contributed by atoms with Crippen LogP contribution in [-0.4, -0.2) is 18.2 Å². The molecular formula is C41H38N2O3S. The van der Waals surface area contributed by atoms with Crippen molar-refractivity contribution in [2.45, 2.75) is 39.7 Å². The molecule has 0 spiro atoms. The number of aryl methyl sites for hydroxylation is 2. The van der Waals surface area contributed by atoms with E-state index < -0.39 is 0 Å². The van der Waals surface area contributed by atoms with E-state index in [9.17, 15) is 4.79 Å². The summed E-state index contributed by atoms with van der Waals surface area (Å²) < 4.78 is 12.2. The number of amides is 1. The molecule has 1 aliphatic rings. The molecular weight excluding hydrogens is 601 g/mol. The maximum absolute atomic E-state index is 14.0. The Hall–Kier alpha value is -5.07. The monoisotopic (exact) mass is 638 g/mol. The Balaban J connectivity index is 1.33. The molecule has 236 valence electrons. The molecule has 6 rings (SSSR count). The summed E-state index contributed by atoms with van der Waals surface area (Å²) >= 11 is 1.37. The van der Waals surface area contributed by atoms with Gasteiger partial charge in [-0.2, -0.15) is 0 Å². The van der Waals surface area contributed by atoms with E-state index in [1.54, 1.807) is 12.0 Å². The molecule has 0 aromatic heterocycles. The first-order valence-electron chi connectivity index (χ1n) is 15.9. The molecule has 0 radical (unpaired) electrons. The second-order valence-corrected chi connectivity index (χ2v) is 12.4. The van der Waals surface area contributed by atoms with Crippen LogP contribution in [0.2, 0.25) is 0 Å². The quantitative estimate of drug-likeness (QED) is 0.107. The van der Waals surface area contributed by atoms with Crippen LogP contribution in [0, 0.1) is 0 Å². The number of amidine groups is 1. The van der Waals surface area contributed by atoms with Gasteiger partial charge in [0.2, 0.25) is 0 Å². The standard InChI is InChI=1S/C41H38N2O3S/c1-5-10-34-24-31(25-37(45-4)39(34)46-27-30-13-18-32-11-8-9-12-33(32)23-30)26-38-40(44)43(36-21-16-29(7-3)17-22-36)41(47-38)42-35-19-14-28(6-2)15-20-35/h5,8-9,11-26H,1,6-7,10,27H2,2-4H3/b38-26-,42-41?. The zero-order chi connectivity index (χ0) is 32.8. The van der Waals surface area contributed by atoms with E-state index in [0.29, 0.717) is 34.6 Å². The van der Waals surface area contributed by atoms with Gasteiger partial charge in [0, 0.05) is 5.56 Å². The molecule has 5 aromatic rings. The van der Waals surface area contributed by atoms with E-state index in [0.717, 1.165) is 40.9 Å². The fourth-order valence-electron chi connectivity index (χ4n) is 5.60. The normalized spacial score (nSPS) is 14.7. The Kier molecular flexibility index (Phi) is 9.89. The largest absolute Gasteiger partial charge is 0.493 e. The van der Waals surface area contributed by atoms with E-state index in [1.165, 1.54) is 33.7 Å². The van der Waals surface area contributed by atoms with Crippen molar-refractivity contribution in [3.63, 3.8) is 0 Å². The van der Waals surface area contributed by atoms with Gasteiger partial charge in [-0.25, -0.2) is 4.99 Å². The minimum atomic E-state index is -0.121. The third kappa shape index (κ3) is 7.18. The number of methoxy groups -OCH3 is 1. The lowest BCUT2D eigenvalue weighted by Gasteiger charge is -2.17. The van der Waals surface area contributed by atoms with Crippen LogP contribution >= 0.6 is 11.8 Å². The molecule has 5 aromatic carbocycles. The summed E-state index contributed by atoms with van der Waals surface area (Å²) in [6.45, 7) is 8.62. The zero-order valence-electron chi connectivity index (χ0n) is 27.0. The van der Waals surface area contributed by atoms with Crippen LogP contribution in [0.25, 0.3) is 16.8 Å². The Bertz CT molecular complexity index is 1980. The van der Waals surface area contributed by atoms with Crippen molar-refractivity contribution < 1.29 is 14.3 Å². The molecule has 6 heteroatoms. The van der Waals surface area contributed by atoms with Crippen LogP contribution in [0.4, 0.5) is 11.4 Å². The molecule has 1 aliphatic heterocycles. The van der Waals surface area contributed by atoms with Gasteiger partial charge in [-0.05, 0) is 113 Å². The van der Waals surface area contributed by atoms with Gasteiger partial charge in [-0.15, -0.1) is 6.58 Å². The number of hydrogen-bond acceptors (Lipinski definition) is 5. The summed E-state index contributed by atoms with van der Waals surface area (Å²) in [5.74, 6) is 1.15. The highest BCUT2D eigenvalue weighted by Crippen LogP contribution is 2.40. The fourth-order valence-corrected chi connectivity index (χ4v) is 6.60. The Labute approximate surface area is 281 Å².